The third-order valence-corrected chi connectivity index (χ3v) is 4.90. The Bertz CT molecular complexity index is 642. The van der Waals surface area contributed by atoms with E-state index >= 15 is 0 Å². The summed E-state index contributed by atoms with van der Waals surface area (Å²) in [7, 11) is 0. The first kappa shape index (κ1) is 19.4. The average molecular weight is 361 g/mol. The van der Waals surface area contributed by atoms with Gasteiger partial charge in [0.15, 0.2) is 5.96 Å². The number of hydrogen-bond donors (Lipinski definition) is 3. The minimum atomic E-state index is -0.482. The number of aliphatic imine (C=N–C) groups is 1. The van der Waals surface area contributed by atoms with Crippen molar-refractivity contribution in [1.29, 1.82) is 0 Å². The molecule has 1 atom stereocenters. The Hall–Kier alpha value is -1.92. The van der Waals surface area contributed by atoms with E-state index in [-0.39, 0.29) is 0 Å². The van der Waals surface area contributed by atoms with Crippen LogP contribution in [-0.2, 0) is 19.3 Å². The van der Waals surface area contributed by atoms with Crippen molar-refractivity contribution in [3.05, 3.63) is 52.0 Å². The van der Waals surface area contributed by atoms with Crippen LogP contribution in [0.1, 0.15) is 29.3 Å². The molecule has 0 fully saturated rings. The Morgan fingerprint density at radius 3 is 2.72 bits per heavy atom. The van der Waals surface area contributed by atoms with Gasteiger partial charge < -0.3 is 15.7 Å². The van der Waals surface area contributed by atoms with Gasteiger partial charge in [-0.15, -0.1) is 11.3 Å². The van der Waals surface area contributed by atoms with Crippen molar-refractivity contribution in [3.8, 4) is 0 Å². The topological polar surface area (TPSA) is 69.5 Å². The smallest absolute Gasteiger partial charge is 0.191 e. The lowest BCUT2D eigenvalue weighted by molar-refractivity contribution is 0.183. The molecule has 0 saturated heterocycles. The Balaban J connectivity index is 1.78. The van der Waals surface area contributed by atoms with E-state index in [9.17, 15) is 5.11 Å². The molecule has 2 aromatic rings. The molecule has 6 heteroatoms. The summed E-state index contributed by atoms with van der Waals surface area (Å²) in [6, 6.07) is 10.00. The molecule has 0 saturated carbocycles. The molecule has 0 radical (unpaired) electrons. The Morgan fingerprint density at radius 1 is 1.24 bits per heavy atom. The summed E-state index contributed by atoms with van der Waals surface area (Å²) in [6.45, 7) is 6.12. The molecule has 5 nitrogen and oxygen atoms in total. The molecule has 1 unspecified atom stereocenters. The highest BCUT2D eigenvalue weighted by Crippen LogP contribution is 2.13. The number of aliphatic hydroxyl groups is 1. The number of benzene rings is 1. The predicted octanol–water partition coefficient (Wildman–Crippen LogP) is 2.41. The van der Waals surface area contributed by atoms with Crippen LogP contribution in [0.3, 0.4) is 0 Å². The number of aryl methyl sites for hydroxylation is 1. The van der Waals surface area contributed by atoms with Crippen molar-refractivity contribution in [2.45, 2.75) is 39.2 Å². The van der Waals surface area contributed by atoms with Gasteiger partial charge >= 0.3 is 0 Å². The molecule has 0 amide bonds. The van der Waals surface area contributed by atoms with Gasteiger partial charge in [0.25, 0.3) is 0 Å². The van der Waals surface area contributed by atoms with Gasteiger partial charge in [0.2, 0.25) is 0 Å². The number of aromatic nitrogens is 1. The van der Waals surface area contributed by atoms with Gasteiger partial charge in [-0.2, -0.15) is 0 Å². The minimum absolute atomic E-state index is 0.376. The third kappa shape index (κ3) is 7.23. The van der Waals surface area contributed by atoms with Crippen LogP contribution in [-0.4, -0.2) is 41.8 Å². The van der Waals surface area contributed by atoms with Crippen LogP contribution < -0.4 is 10.6 Å². The van der Waals surface area contributed by atoms with Gasteiger partial charge in [-0.05, 0) is 18.9 Å². The molecule has 0 aliphatic rings. The fourth-order valence-corrected chi connectivity index (χ4v) is 3.27. The first-order valence-electron chi connectivity index (χ1n) is 8.89. The second-order valence-electron chi connectivity index (χ2n) is 5.81. The van der Waals surface area contributed by atoms with Crippen molar-refractivity contribution >= 4 is 17.3 Å². The van der Waals surface area contributed by atoms with E-state index in [2.05, 4.69) is 27.5 Å². The largest absolute Gasteiger partial charge is 0.391 e. The Morgan fingerprint density at radius 2 is 2.04 bits per heavy atom. The molecule has 1 aromatic heterocycles. The fraction of sp³-hybridized carbons (Fsp3) is 0.474. The lowest BCUT2D eigenvalue weighted by Gasteiger charge is -2.13. The van der Waals surface area contributed by atoms with Gasteiger partial charge in [-0.25, -0.2) is 4.98 Å². The molecule has 0 aliphatic carbocycles. The first-order chi connectivity index (χ1) is 12.2. The van der Waals surface area contributed by atoms with Crippen LogP contribution >= 0.6 is 11.3 Å². The normalized spacial score (nSPS) is 12.8. The molecular formula is C19H28N4OS. The molecule has 25 heavy (non-hydrogen) atoms. The lowest BCUT2D eigenvalue weighted by atomic mass is 10.1. The summed E-state index contributed by atoms with van der Waals surface area (Å²) < 4.78 is 0. The summed E-state index contributed by atoms with van der Waals surface area (Å²) in [6.07, 6.45) is 4.00. The summed E-state index contributed by atoms with van der Waals surface area (Å²) in [5.41, 5.74) is 1.12. The van der Waals surface area contributed by atoms with E-state index in [1.54, 1.807) is 11.3 Å². The highest BCUT2D eigenvalue weighted by molar-refractivity contribution is 7.11. The molecule has 0 aliphatic heterocycles. The van der Waals surface area contributed by atoms with Crippen LogP contribution in [0.4, 0.5) is 0 Å². The number of thiazole rings is 1. The van der Waals surface area contributed by atoms with Gasteiger partial charge in [-0.3, -0.25) is 4.99 Å². The SMILES string of the molecule is CCNC(=NCC(O)Cc1ccccc1)NCCc1ncc(CC)s1. The zero-order chi connectivity index (χ0) is 17.9. The van der Waals surface area contributed by atoms with E-state index in [0.717, 1.165) is 42.5 Å². The zero-order valence-corrected chi connectivity index (χ0v) is 15.9. The third-order valence-electron chi connectivity index (χ3n) is 3.70. The second kappa shape index (κ2) is 10.8. The second-order valence-corrected chi connectivity index (χ2v) is 7.01. The van der Waals surface area contributed by atoms with Crippen LogP contribution in [0.2, 0.25) is 0 Å². The van der Waals surface area contributed by atoms with Crippen molar-refractivity contribution in [2.24, 2.45) is 4.99 Å². The maximum Gasteiger partial charge on any atom is 0.191 e. The molecule has 0 spiro atoms. The highest BCUT2D eigenvalue weighted by Gasteiger charge is 2.06. The first-order valence-corrected chi connectivity index (χ1v) is 9.70. The Labute approximate surface area is 154 Å². The number of rotatable bonds is 9. The lowest BCUT2D eigenvalue weighted by Crippen LogP contribution is -2.39. The van der Waals surface area contributed by atoms with E-state index in [0.29, 0.717) is 13.0 Å². The fourth-order valence-electron chi connectivity index (χ4n) is 2.40. The van der Waals surface area contributed by atoms with Gasteiger partial charge in [0.05, 0.1) is 17.7 Å². The van der Waals surface area contributed by atoms with Crippen molar-refractivity contribution in [1.82, 2.24) is 15.6 Å². The number of aliphatic hydroxyl groups excluding tert-OH is 1. The van der Waals surface area contributed by atoms with E-state index in [4.69, 9.17) is 0 Å². The molecule has 1 aromatic carbocycles. The summed E-state index contributed by atoms with van der Waals surface area (Å²) in [4.78, 5) is 10.2. The summed E-state index contributed by atoms with van der Waals surface area (Å²) in [5.74, 6) is 0.738. The maximum absolute atomic E-state index is 10.2. The minimum Gasteiger partial charge on any atom is -0.391 e. The van der Waals surface area contributed by atoms with E-state index in [1.165, 1.54) is 4.88 Å². The average Bonchev–Trinajstić information content (AvgIpc) is 3.08. The number of nitrogens with one attached hydrogen (secondary N) is 2. The molecule has 1 heterocycles. The van der Waals surface area contributed by atoms with Crippen LogP contribution in [0.5, 0.6) is 0 Å². The van der Waals surface area contributed by atoms with E-state index < -0.39 is 6.10 Å². The number of guanidine groups is 1. The molecular weight excluding hydrogens is 332 g/mol. The molecule has 136 valence electrons. The van der Waals surface area contributed by atoms with Crippen LogP contribution in [0.15, 0.2) is 41.5 Å². The summed E-state index contributed by atoms with van der Waals surface area (Å²) >= 11 is 1.77. The molecule has 0 bridgehead atoms. The van der Waals surface area contributed by atoms with Gasteiger partial charge in [0, 0.05) is 37.0 Å². The quantitative estimate of drug-likeness (QED) is 0.474. The predicted molar refractivity (Wildman–Crippen MR) is 105 cm³/mol. The Kier molecular flexibility index (Phi) is 8.42. The van der Waals surface area contributed by atoms with Gasteiger partial charge in [0.1, 0.15) is 0 Å². The number of hydrogen-bond acceptors (Lipinski definition) is 4. The van der Waals surface area contributed by atoms with Gasteiger partial charge in [-0.1, -0.05) is 37.3 Å². The van der Waals surface area contributed by atoms with Crippen molar-refractivity contribution < 1.29 is 5.11 Å². The van der Waals surface area contributed by atoms with Crippen molar-refractivity contribution in [3.63, 3.8) is 0 Å². The molecule has 3 N–H and O–H groups in total. The van der Waals surface area contributed by atoms with Crippen LogP contribution in [0.25, 0.3) is 0 Å². The van der Waals surface area contributed by atoms with Crippen LogP contribution in [0, 0.1) is 0 Å². The standard InChI is InChI=1S/C19H28N4OS/c1-3-17-14-22-18(25-17)10-11-21-19(20-4-2)23-13-16(24)12-15-8-6-5-7-9-15/h5-9,14,16,24H,3-4,10-13H2,1-2H3,(H2,20,21,23). The zero-order valence-electron chi connectivity index (χ0n) is 15.0. The highest BCUT2D eigenvalue weighted by atomic mass is 32.1. The molecule has 2 rings (SSSR count). The number of nitrogens with zero attached hydrogens (tertiary/aromatic N) is 2. The van der Waals surface area contributed by atoms with E-state index in [1.807, 2.05) is 43.5 Å². The van der Waals surface area contributed by atoms with Crippen molar-refractivity contribution in [2.75, 3.05) is 19.6 Å². The maximum atomic E-state index is 10.2. The monoisotopic (exact) mass is 360 g/mol. The summed E-state index contributed by atoms with van der Waals surface area (Å²) in [5, 5.41) is 17.9.